The summed E-state index contributed by atoms with van der Waals surface area (Å²) in [5.74, 6) is 0.572. The molecule has 0 bridgehead atoms. The van der Waals surface area contributed by atoms with Gasteiger partial charge in [-0.15, -0.1) is 0 Å². The van der Waals surface area contributed by atoms with E-state index in [0.717, 1.165) is 26.1 Å². The molecular weight excluding hydrogens is 262 g/mol. The number of hydrogen-bond acceptors (Lipinski definition) is 5. The maximum Gasteiger partial charge on any atom is 0.150 e. The average Bonchev–Trinajstić information content (AvgIpc) is 2.36. The Hall–Kier alpha value is -0.170. The molecular formula is C13H29N3O2S. The van der Waals surface area contributed by atoms with Gasteiger partial charge in [-0.1, -0.05) is 6.92 Å². The Balaban J connectivity index is 2.65. The molecule has 2 N–H and O–H groups in total. The summed E-state index contributed by atoms with van der Waals surface area (Å²) in [7, 11) is 1.31. The van der Waals surface area contributed by atoms with E-state index in [2.05, 4.69) is 30.8 Å². The molecule has 1 heterocycles. The van der Waals surface area contributed by atoms with Crippen LogP contribution in [0.2, 0.25) is 0 Å². The van der Waals surface area contributed by atoms with Gasteiger partial charge in [-0.2, -0.15) is 0 Å². The van der Waals surface area contributed by atoms with E-state index in [-0.39, 0.29) is 17.0 Å². The summed E-state index contributed by atoms with van der Waals surface area (Å²) in [5.41, 5.74) is 5.88. The van der Waals surface area contributed by atoms with E-state index >= 15 is 0 Å². The Kier molecular flexibility index (Phi) is 6.23. The van der Waals surface area contributed by atoms with Crippen molar-refractivity contribution in [3.63, 3.8) is 0 Å². The van der Waals surface area contributed by atoms with Gasteiger partial charge < -0.3 is 10.6 Å². The molecule has 114 valence electrons. The largest absolute Gasteiger partial charge is 0.329 e. The predicted molar refractivity (Wildman–Crippen MR) is 80.1 cm³/mol. The zero-order chi connectivity index (χ0) is 14.5. The second-order valence-electron chi connectivity index (χ2n) is 5.82. The van der Waals surface area contributed by atoms with Crippen molar-refractivity contribution < 1.29 is 8.42 Å². The first-order chi connectivity index (χ1) is 8.85. The van der Waals surface area contributed by atoms with Gasteiger partial charge in [0.2, 0.25) is 0 Å². The van der Waals surface area contributed by atoms with Crippen molar-refractivity contribution in [2.75, 3.05) is 51.8 Å². The first kappa shape index (κ1) is 16.9. The summed E-state index contributed by atoms with van der Waals surface area (Å²) < 4.78 is 23.2. The molecule has 0 spiro atoms. The third-order valence-corrected chi connectivity index (χ3v) is 5.87. The lowest BCUT2D eigenvalue weighted by atomic mass is 9.89. The number of rotatable bonds is 7. The minimum absolute atomic E-state index is 0.105. The van der Waals surface area contributed by atoms with Crippen molar-refractivity contribution in [2.24, 2.45) is 5.73 Å². The van der Waals surface area contributed by atoms with Crippen LogP contribution in [0, 0.1) is 0 Å². The van der Waals surface area contributed by atoms with Gasteiger partial charge in [0.25, 0.3) is 0 Å². The molecule has 0 saturated carbocycles. The summed E-state index contributed by atoms with van der Waals surface area (Å²) in [6, 6.07) is 0. The van der Waals surface area contributed by atoms with Crippen LogP contribution >= 0.6 is 0 Å². The van der Waals surface area contributed by atoms with E-state index in [1.54, 1.807) is 0 Å². The highest BCUT2D eigenvalue weighted by Crippen LogP contribution is 2.29. The van der Waals surface area contributed by atoms with Gasteiger partial charge in [-0.05, 0) is 53.0 Å². The van der Waals surface area contributed by atoms with Crippen LogP contribution in [-0.2, 0) is 9.84 Å². The minimum atomic E-state index is -2.83. The van der Waals surface area contributed by atoms with E-state index in [1.807, 2.05) is 0 Å². The van der Waals surface area contributed by atoms with Crippen molar-refractivity contribution in [1.82, 2.24) is 9.80 Å². The van der Waals surface area contributed by atoms with E-state index in [9.17, 15) is 8.42 Å². The Morgan fingerprint density at radius 3 is 2.16 bits per heavy atom. The van der Waals surface area contributed by atoms with Crippen LogP contribution in [-0.4, -0.2) is 75.5 Å². The standard InChI is InChI=1S/C13H29N3O2S/c1-4-16(9-5-8-15(2)3)13(12-14)6-10-19(17,18)11-7-13/h4-12,14H2,1-3H3. The normalized spacial score (nSPS) is 22.0. The Morgan fingerprint density at radius 1 is 1.16 bits per heavy atom. The molecule has 0 aliphatic carbocycles. The maximum absolute atomic E-state index is 11.6. The lowest BCUT2D eigenvalue weighted by Crippen LogP contribution is -2.58. The highest BCUT2D eigenvalue weighted by Gasteiger charge is 2.40. The Morgan fingerprint density at radius 2 is 1.74 bits per heavy atom. The smallest absolute Gasteiger partial charge is 0.150 e. The Labute approximate surface area is 118 Å². The minimum Gasteiger partial charge on any atom is -0.329 e. The summed E-state index contributed by atoms with van der Waals surface area (Å²) in [6.07, 6.45) is 2.46. The summed E-state index contributed by atoms with van der Waals surface area (Å²) in [4.78, 5) is 4.57. The molecule has 6 heteroatoms. The van der Waals surface area contributed by atoms with Gasteiger partial charge >= 0.3 is 0 Å². The monoisotopic (exact) mass is 291 g/mol. The maximum atomic E-state index is 11.6. The Bertz CT molecular complexity index is 354. The van der Waals surface area contributed by atoms with Crippen LogP contribution < -0.4 is 5.73 Å². The lowest BCUT2D eigenvalue weighted by Gasteiger charge is -2.45. The van der Waals surface area contributed by atoms with E-state index < -0.39 is 9.84 Å². The van der Waals surface area contributed by atoms with Gasteiger partial charge in [-0.25, -0.2) is 8.42 Å². The molecule has 1 fully saturated rings. The van der Waals surface area contributed by atoms with Crippen LogP contribution in [0.1, 0.15) is 26.2 Å². The molecule has 0 aromatic heterocycles. The van der Waals surface area contributed by atoms with Crippen LogP contribution in [0.4, 0.5) is 0 Å². The van der Waals surface area contributed by atoms with Crippen LogP contribution in [0.3, 0.4) is 0 Å². The van der Waals surface area contributed by atoms with E-state index in [1.165, 1.54) is 0 Å². The number of hydrogen-bond donors (Lipinski definition) is 1. The lowest BCUT2D eigenvalue weighted by molar-refractivity contribution is 0.0850. The molecule has 0 radical (unpaired) electrons. The second kappa shape index (κ2) is 7.02. The first-order valence-corrected chi connectivity index (χ1v) is 8.97. The molecule has 0 aromatic rings. The van der Waals surface area contributed by atoms with Gasteiger partial charge in [0.05, 0.1) is 11.5 Å². The van der Waals surface area contributed by atoms with Crippen LogP contribution in [0.15, 0.2) is 0 Å². The molecule has 0 unspecified atom stereocenters. The molecule has 0 aromatic carbocycles. The van der Waals surface area contributed by atoms with Crippen molar-refractivity contribution in [3.8, 4) is 0 Å². The average molecular weight is 291 g/mol. The van der Waals surface area contributed by atoms with Gasteiger partial charge in [0, 0.05) is 12.1 Å². The molecule has 5 nitrogen and oxygen atoms in total. The summed E-state index contributed by atoms with van der Waals surface area (Å²) in [6.45, 7) is 5.67. The molecule has 1 saturated heterocycles. The fourth-order valence-electron chi connectivity index (χ4n) is 2.88. The number of sulfone groups is 1. The molecule has 1 aliphatic rings. The number of nitrogens with zero attached hydrogens (tertiary/aromatic N) is 2. The predicted octanol–water partition coefficient (Wildman–Crippen LogP) is 0.166. The van der Waals surface area contributed by atoms with Crippen LogP contribution in [0.5, 0.6) is 0 Å². The first-order valence-electron chi connectivity index (χ1n) is 7.15. The van der Waals surface area contributed by atoms with Gasteiger partial charge in [0.1, 0.15) is 9.84 Å². The third kappa shape index (κ3) is 4.70. The topological polar surface area (TPSA) is 66.6 Å². The van der Waals surface area contributed by atoms with Crippen LogP contribution in [0.25, 0.3) is 0 Å². The van der Waals surface area contributed by atoms with Gasteiger partial charge in [0.15, 0.2) is 0 Å². The van der Waals surface area contributed by atoms with Crippen molar-refractivity contribution in [3.05, 3.63) is 0 Å². The zero-order valence-electron chi connectivity index (χ0n) is 12.6. The SMILES string of the molecule is CCN(CCCN(C)C)C1(CN)CCS(=O)(=O)CC1. The highest BCUT2D eigenvalue weighted by molar-refractivity contribution is 7.91. The third-order valence-electron chi connectivity index (χ3n) is 4.22. The molecule has 1 aliphatic heterocycles. The fourth-order valence-corrected chi connectivity index (χ4v) is 4.46. The highest BCUT2D eigenvalue weighted by atomic mass is 32.2. The summed E-state index contributed by atoms with van der Waals surface area (Å²) in [5, 5.41) is 0. The molecule has 0 amide bonds. The quantitative estimate of drug-likeness (QED) is 0.724. The van der Waals surface area contributed by atoms with Crippen molar-refractivity contribution in [1.29, 1.82) is 0 Å². The number of nitrogens with two attached hydrogens (primary N) is 1. The molecule has 1 rings (SSSR count). The second-order valence-corrected chi connectivity index (χ2v) is 8.12. The number of likely N-dealkylation sites (N-methyl/N-ethyl adjacent to an activating group) is 1. The van der Waals surface area contributed by atoms with E-state index in [0.29, 0.717) is 19.4 Å². The molecule has 0 atom stereocenters. The summed E-state index contributed by atoms with van der Waals surface area (Å²) >= 11 is 0. The van der Waals surface area contributed by atoms with Crippen molar-refractivity contribution >= 4 is 9.84 Å². The van der Waals surface area contributed by atoms with Crippen molar-refractivity contribution in [2.45, 2.75) is 31.7 Å². The van der Waals surface area contributed by atoms with E-state index in [4.69, 9.17) is 5.73 Å². The fraction of sp³-hybridized carbons (Fsp3) is 1.00. The zero-order valence-corrected chi connectivity index (χ0v) is 13.4. The molecule has 19 heavy (non-hydrogen) atoms. The van der Waals surface area contributed by atoms with Gasteiger partial charge in [-0.3, -0.25) is 4.90 Å².